The second-order valence-electron chi connectivity index (χ2n) is 5.07. The summed E-state index contributed by atoms with van der Waals surface area (Å²) < 4.78 is 5.17. The number of carbonyl (C=O) groups is 1. The molecule has 2 aromatic rings. The highest BCUT2D eigenvalue weighted by atomic mass is 16.6. The van der Waals surface area contributed by atoms with Crippen LogP contribution in [0.5, 0.6) is 0 Å². The topological polar surface area (TPSA) is 81.5 Å². The zero-order chi connectivity index (χ0) is 16.2. The number of cyclic esters (lactones) is 1. The number of hydrogen-bond acceptors (Lipinski definition) is 5. The van der Waals surface area contributed by atoms with Crippen molar-refractivity contribution in [2.24, 2.45) is 0 Å². The number of nitro groups is 1. The van der Waals surface area contributed by atoms with E-state index in [2.05, 4.69) is 5.32 Å². The van der Waals surface area contributed by atoms with Gasteiger partial charge in [-0.3, -0.25) is 10.1 Å². The van der Waals surface area contributed by atoms with Gasteiger partial charge in [-0.05, 0) is 11.6 Å². The van der Waals surface area contributed by atoms with Gasteiger partial charge < -0.3 is 10.1 Å². The lowest BCUT2D eigenvalue weighted by Gasteiger charge is -2.08. The summed E-state index contributed by atoms with van der Waals surface area (Å²) in [5, 5.41) is 14.3. The van der Waals surface area contributed by atoms with Gasteiger partial charge in [-0.15, -0.1) is 0 Å². The quantitative estimate of drug-likeness (QED) is 0.522. The lowest BCUT2D eigenvalue weighted by Crippen LogP contribution is -2.15. The molecule has 1 atom stereocenters. The zero-order valence-corrected chi connectivity index (χ0v) is 12.1. The number of benzene rings is 2. The third-order valence-corrected chi connectivity index (χ3v) is 3.57. The largest absolute Gasteiger partial charge is 0.442 e. The standard InChI is InChI=1S/C17H14N2O4/c20-17-14-9-5-4-8-13(14)16(23-17)15(19(21)22)11-18-10-12-6-2-1-3-7-12/h1-9,11,16,18H,10H2/b15-11+/t16-/m0/s1. The van der Waals surface area contributed by atoms with E-state index in [-0.39, 0.29) is 5.70 Å². The van der Waals surface area contributed by atoms with Crippen LogP contribution in [-0.4, -0.2) is 10.9 Å². The number of ether oxygens (including phenoxy) is 1. The van der Waals surface area contributed by atoms with Gasteiger partial charge in [-0.2, -0.15) is 0 Å². The summed E-state index contributed by atoms with van der Waals surface area (Å²) in [5.74, 6) is -0.540. The number of nitrogens with one attached hydrogen (secondary N) is 1. The molecule has 0 bridgehead atoms. The molecule has 0 radical (unpaired) electrons. The van der Waals surface area contributed by atoms with Crippen molar-refractivity contribution in [3.63, 3.8) is 0 Å². The van der Waals surface area contributed by atoms with Gasteiger partial charge in [0, 0.05) is 12.1 Å². The Labute approximate surface area is 132 Å². The minimum atomic E-state index is -0.989. The van der Waals surface area contributed by atoms with Gasteiger partial charge in [-0.25, -0.2) is 4.79 Å². The molecule has 0 saturated carbocycles. The number of carbonyl (C=O) groups excluding carboxylic acids is 1. The molecule has 1 N–H and O–H groups in total. The van der Waals surface area contributed by atoms with E-state index in [1.165, 1.54) is 6.20 Å². The fraction of sp³-hybridized carbons (Fsp3) is 0.118. The molecule has 116 valence electrons. The molecule has 1 heterocycles. The Morgan fingerprint density at radius 3 is 2.61 bits per heavy atom. The summed E-state index contributed by atoms with van der Waals surface area (Å²) in [5.41, 5.74) is 1.68. The van der Waals surface area contributed by atoms with Crippen molar-refractivity contribution >= 4 is 5.97 Å². The average Bonchev–Trinajstić information content (AvgIpc) is 2.89. The molecule has 1 aliphatic heterocycles. The van der Waals surface area contributed by atoms with Crippen LogP contribution in [0.2, 0.25) is 0 Å². The normalized spacial score (nSPS) is 16.6. The second-order valence-corrected chi connectivity index (χ2v) is 5.07. The van der Waals surface area contributed by atoms with E-state index in [4.69, 9.17) is 4.74 Å². The molecule has 2 aromatic carbocycles. The maximum atomic E-state index is 11.8. The number of hydrogen-bond donors (Lipinski definition) is 1. The monoisotopic (exact) mass is 310 g/mol. The van der Waals surface area contributed by atoms with Gasteiger partial charge in [0.1, 0.15) is 0 Å². The van der Waals surface area contributed by atoms with Crippen LogP contribution in [0, 0.1) is 10.1 Å². The van der Waals surface area contributed by atoms with Crippen molar-refractivity contribution in [3.05, 3.63) is 93.3 Å². The first kappa shape index (κ1) is 14.8. The predicted octanol–water partition coefficient (Wildman–Crippen LogP) is 2.81. The van der Waals surface area contributed by atoms with Crippen LogP contribution >= 0.6 is 0 Å². The van der Waals surface area contributed by atoms with Crippen molar-refractivity contribution in [2.45, 2.75) is 12.6 Å². The molecule has 0 amide bonds. The van der Waals surface area contributed by atoms with E-state index in [1.54, 1.807) is 24.3 Å². The molecule has 0 aromatic heterocycles. The summed E-state index contributed by atoms with van der Waals surface area (Å²) >= 11 is 0. The molecule has 23 heavy (non-hydrogen) atoms. The fourth-order valence-corrected chi connectivity index (χ4v) is 2.46. The van der Waals surface area contributed by atoms with Crippen molar-refractivity contribution < 1.29 is 14.5 Å². The van der Waals surface area contributed by atoms with Gasteiger partial charge in [0.15, 0.2) is 0 Å². The van der Waals surface area contributed by atoms with E-state index >= 15 is 0 Å². The highest BCUT2D eigenvalue weighted by molar-refractivity contribution is 5.94. The smallest absolute Gasteiger partial charge is 0.339 e. The molecule has 0 unspecified atom stereocenters. The highest BCUT2D eigenvalue weighted by Crippen LogP contribution is 2.35. The molecule has 6 heteroatoms. The van der Waals surface area contributed by atoms with Crippen LogP contribution in [0.4, 0.5) is 0 Å². The average molecular weight is 310 g/mol. The summed E-state index contributed by atoms with van der Waals surface area (Å²) in [6, 6.07) is 16.2. The summed E-state index contributed by atoms with van der Waals surface area (Å²) in [6.07, 6.45) is 0.310. The number of esters is 1. The van der Waals surface area contributed by atoms with Gasteiger partial charge in [0.05, 0.1) is 16.7 Å². The van der Waals surface area contributed by atoms with Crippen molar-refractivity contribution in [2.75, 3.05) is 0 Å². The van der Waals surface area contributed by atoms with Crippen LogP contribution in [0.1, 0.15) is 27.6 Å². The predicted molar refractivity (Wildman–Crippen MR) is 83.0 cm³/mol. The first-order valence-corrected chi connectivity index (χ1v) is 7.08. The van der Waals surface area contributed by atoms with Crippen LogP contribution < -0.4 is 5.32 Å². The van der Waals surface area contributed by atoms with Crippen LogP contribution in [0.15, 0.2) is 66.5 Å². The highest BCUT2D eigenvalue weighted by Gasteiger charge is 2.39. The van der Waals surface area contributed by atoms with E-state index in [9.17, 15) is 14.9 Å². The molecule has 0 aliphatic carbocycles. The Morgan fingerprint density at radius 2 is 1.87 bits per heavy atom. The molecule has 0 fully saturated rings. The van der Waals surface area contributed by atoms with Crippen molar-refractivity contribution in [3.8, 4) is 0 Å². The summed E-state index contributed by atoms with van der Waals surface area (Å²) in [6.45, 7) is 0.445. The molecular formula is C17H14N2O4. The van der Waals surface area contributed by atoms with E-state index in [1.807, 2.05) is 30.3 Å². The number of fused-ring (bicyclic) bond motifs is 1. The molecule has 3 rings (SSSR count). The third-order valence-electron chi connectivity index (χ3n) is 3.57. The fourth-order valence-electron chi connectivity index (χ4n) is 2.46. The van der Waals surface area contributed by atoms with Crippen LogP contribution in [0.25, 0.3) is 0 Å². The Balaban J connectivity index is 1.81. The van der Waals surface area contributed by atoms with Gasteiger partial charge >= 0.3 is 11.7 Å². The third kappa shape index (κ3) is 3.06. The number of rotatable bonds is 5. The molecule has 0 saturated heterocycles. The lowest BCUT2D eigenvalue weighted by atomic mass is 10.0. The Bertz CT molecular complexity index is 771. The minimum absolute atomic E-state index is 0.195. The Morgan fingerprint density at radius 1 is 1.17 bits per heavy atom. The first-order chi connectivity index (χ1) is 11.2. The van der Waals surface area contributed by atoms with Crippen molar-refractivity contribution in [1.29, 1.82) is 0 Å². The lowest BCUT2D eigenvalue weighted by molar-refractivity contribution is -0.436. The molecule has 0 spiro atoms. The second kappa shape index (κ2) is 6.31. The van der Waals surface area contributed by atoms with Crippen LogP contribution in [0.3, 0.4) is 0 Å². The van der Waals surface area contributed by atoms with Crippen molar-refractivity contribution in [1.82, 2.24) is 5.32 Å². The SMILES string of the molecule is O=C1O[C@H](/C(=C\NCc2ccccc2)[N+](=O)[O-])c2ccccc21. The Kier molecular flexibility index (Phi) is 4.05. The number of nitrogens with zero attached hydrogens (tertiary/aromatic N) is 1. The molecule has 6 nitrogen and oxygen atoms in total. The minimum Gasteiger partial charge on any atom is -0.442 e. The molecule has 1 aliphatic rings. The van der Waals surface area contributed by atoms with Gasteiger partial charge in [0.25, 0.3) is 0 Å². The maximum Gasteiger partial charge on any atom is 0.339 e. The zero-order valence-electron chi connectivity index (χ0n) is 12.1. The maximum absolute atomic E-state index is 11.8. The van der Waals surface area contributed by atoms with Gasteiger partial charge in [0.2, 0.25) is 6.10 Å². The van der Waals surface area contributed by atoms with E-state index in [0.717, 1.165) is 5.56 Å². The summed E-state index contributed by atoms with van der Waals surface area (Å²) in [7, 11) is 0. The van der Waals surface area contributed by atoms with Crippen LogP contribution in [-0.2, 0) is 11.3 Å². The Hall–Kier alpha value is -3.15. The summed E-state index contributed by atoms with van der Waals surface area (Å²) in [4.78, 5) is 22.6. The molecular weight excluding hydrogens is 296 g/mol. The first-order valence-electron chi connectivity index (χ1n) is 7.08. The van der Waals surface area contributed by atoms with E-state index in [0.29, 0.717) is 17.7 Å². The van der Waals surface area contributed by atoms with E-state index < -0.39 is 17.0 Å². The van der Waals surface area contributed by atoms with Gasteiger partial charge in [-0.1, -0.05) is 48.5 Å².